The molecule has 0 saturated heterocycles. The van der Waals surface area contributed by atoms with Crippen molar-refractivity contribution in [2.75, 3.05) is 19.0 Å². The monoisotopic (exact) mass is 422 g/mol. The molecule has 0 aliphatic heterocycles. The molecule has 0 aliphatic rings. The maximum atomic E-state index is 12.5. The van der Waals surface area contributed by atoms with E-state index in [1.807, 2.05) is 39.0 Å². The Kier molecular flexibility index (Phi) is 8.21. The van der Waals surface area contributed by atoms with Crippen molar-refractivity contribution in [1.29, 1.82) is 5.26 Å². The van der Waals surface area contributed by atoms with Gasteiger partial charge >= 0.3 is 5.97 Å². The molecule has 0 heterocycles. The van der Waals surface area contributed by atoms with E-state index in [-0.39, 0.29) is 6.61 Å². The summed E-state index contributed by atoms with van der Waals surface area (Å²) in [5, 5.41) is 11.4. The molecule has 1 atom stereocenters. The average molecular weight is 422 g/mol. The first-order valence-electron chi connectivity index (χ1n) is 9.70. The molecule has 0 aromatic heterocycles. The standard InChI is InChI=1S/C24H26N2O5/c1-15-12-16(2)23(17(3)13-15)26-24(28)18(4)31-22(27)9-7-19-6-8-20(30-11-10-25)21(14-19)29-5/h6-9,12-14,18H,11H2,1-5H3,(H,26,28)/b9-7+/t18-/m0/s1. The van der Waals surface area contributed by atoms with Gasteiger partial charge in [0.1, 0.15) is 6.07 Å². The van der Waals surface area contributed by atoms with Crippen molar-refractivity contribution in [2.45, 2.75) is 33.8 Å². The van der Waals surface area contributed by atoms with Gasteiger partial charge in [-0.2, -0.15) is 5.26 Å². The van der Waals surface area contributed by atoms with Crippen LogP contribution in [0.3, 0.4) is 0 Å². The van der Waals surface area contributed by atoms with Crippen LogP contribution >= 0.6 is 0 Å². The van der Waals surface area contributed by atoms with Gasteiger partial charge < -0.3 is 19.5 Å². The van der Waals surface area contributed by atoms with Crippen LogP contribution in [0.4, 0.5) is 5.69 Å². The van der Waals surface area contributed by atoms with Crippen LogP contribution in [-0.2, 0) is 14.3 Å². The summed E-state index contributed by atoms with van der Waals surface area (Å²) in [6.07, 6.45) is 1.81. The molecule has 2 rings (SSSR count). The van der Waals surface area contributed by atoms with Gasteiger partial charge in [0.25, 0.3) is 5.91 Å². The predicted molar refractivity (Wildman–Crippen MR) is 118 cm³/mol. The van der Waals surface area contributed by atoms with Crippen molar-refractivity contribution in [3.63, 3.8) is 0 Å². The van der Waals surface area contributed by atoms with E-state index in [1.54, 1.807) is 18.2 Å². The van der Waals surface area contributed by atoms with Gasteiger partial charge in [-0.05, 0) is 62.6 Å². The number of anilines is 1. The summed E-state index contributed by atoms with van der Waals surface area (Å²) in [5.74, 6) is -0.195. The van der Waals surface area contributed by atoms with Crippen LogP contribution in [0.5, 0.6) is 11.5 Å². The summed E-state index contributed by atoms with van der Waals surface area (Å²) in [6.45, 7) is 7.24. The van der Waals surface area contributed by atoms with E-state index in [2.05, 4.69) is 5.32 Å². The molecule has 2 aromatic carbocycles. The highest BCUT2D eigenvalue weighted by molar-refractivity contribution is 5.97. The molecular formula is C24H26N2O5. The summed E-state index contributed by atoms with van der Waals surface area (Å²) >= 11 is 0. The van der Waals surface area contributed by atoms with Crippen LogP contribution in [0.2, 0.25) is 0 Å². The van der Waals surface area contributed by atoms with Crippen molar-refractivity contribution in [1.82, 2.24) is 0 Å². The minimum absolute atomic E-state index is 0.0978. The number of amides is 1. The summed E-state index contributed by atoms with van der Waals surface area (Å²) in [7, 11) is 1.48. The number of carbonyl (C=O) groups excluding carboxylic acids is 2. The lowest BCUT2D eigenvalue weighted by Crippen LogP contribution is -2.30. The van der Waals surface area contributed by atoms with Gasteiger partial charge in [0, 0.05) is 11.8 Å². The van der Waals surface area contributed by atoms with E-state index >= 15 is 0 Å². The van der Waals surface area contributed by atoms with Crippen LogP contribution in [0.15, 0.2) is 36.4 Å². The lowest BCUT2D eigenvalue weighted by molar-refractivity contribution is -0.148. The zero-order valence-corrected chi connectivity index (χ0v) is 18.3. The maximum absolute atomic E-state index is 12.5. The van der Waals surface area contributed by atoms with Crippen LogP contribution in [-0.4, -0.2) is 31.7 Å². The van der Waals surface area contributed by atoms with Crippen molar-refractivity contribution >= 4 is 23.6 Å². The molecule has 0 aliphatic carbocycles. The molecule has 0 bridgehead atoms. The van der Waals surface area contributed by atoms with Gasteiger partial charge in [0.2, 0.25) is 0 Å². The highest BCUT2D eigenvalue weighted by atomic mass is 16.5. The fourth-order valence-corrected chi connectivity index (χ4v) is 3.05. The largest absolute Gasteiger partial charge is 0.493 e. The minimum atomic E-state index is -0.964. The fraction of sp³-hybridized carbons (Fsp3) is 0.292. The number of hydrogen-bond acceptors (Lipinski definition) is 6. The topological polar surface area (TPSA) is 97.7 Å². The van der Waals surface area contributed by atoms with Gasteiger partial charge in [0.05, 0.1) is 7.11 Å². The molecule has 0 saturated carbocycles. The predicted octanol–water partition coefficient (Wildman–Crippen LogP) is 4.11. The van der Waals surface area contributed by atoms with Gasteiger partial charge in [-0.15, -0.1) is 0 Å². The summed E-state index contributed by atoms with van der Waals surface area (Å²) in [5.41, 5.74) is 4.39. The second-order valence-electron chi connectivity index (χ2n) is 7.03. The fourth-order valence-electron chi connectivity index (χ4n) is 3.05. The molecule has 7 nitrogen and oxygen atoms in total. The third kappa shape index (κ3) is 6.61. The number of hydrogen-bond donors (Lipinski definition) is 1. The molecular weight excluding hydrogens is 396 g/mol. The molecule has 0 fully saturated rings. The van der Waals surface area contributed by atoms with Crippen LogP contribution in [0.25, 0.3) is 6.08 Å². The van der Waals surface area contributed by atoms with Gasteiger partial charge in [0.15, 0.2) is 24.2 Å². The number of esters is 1. The Morgan fingerprint density at radius 2 is 1.81 bits per heavy atom. The molecule has 2 aromatic rings. The molecule has 0 unspecified atom stereocenters. The lowest BCUT2D eigenvalue weighted by atomic mass is 10.0. The van der Waals surface area contributed by atoms with E-state index in [4.69, 9.17) is 19.5 Å². The van der Waals surface area contributed by atoms with Gasteiger partial charge in [-0.1, -0.05) is 23.8 Å². The Balaban J connectivity index is 1.99. The highest BCUT2D eigenvalue weighted by Crippen LogP contribution is 2.28. The summed E-state index contributed by atoms with van der Waals surface area (Å²) < 4.78 is 15.7. The number of benzene rings is 2. The van der Waals surface area contributed by atoms with Gasteiger partial charge in [-0.3, -0.25) is 4.79 Å². The molecule has 1 N–H and O–H groups in total. The number of methoxy groups -OCH3 is 1. The average Bonchev–Trinajstić information content (AvgIpc) is 2.73. The van der Waals surface area contributed by atoms with E-state index in [9.17, 15) is 9.59 Å². The Morgan fingerprint density at radius 1 is 1.13 bits per heavy atom. The second-order valence-corrected chi connectivity index (χ2v) is 7.03. The third-order valence-corrected chi connectivity index (χ3v) is 4.48. The zero-order chi connectivity index (χ0) is 23.0. The maximum Gasteiger partial charge on any atom is 0.331 e. The number of nitrogens with zero attached hydrogens (tertiary/aromatic N) is 1. The van der Waals surface area contributed by atoms with E-state index in [1.165, 1.54) is 26.2 Å². The number of rotatable bonds is 8. The Hall–Kier alpha value is -3.79. The number of carbonyl (C=O) groups is 2. The zero-order valence-electron chi connectivity index (χ0n) is 18.3. The minimum Gasteiger partial charge on any atom is -0.493 e. The number of nitrogens with one attached hydrogen (secondary N) is 1. The second kappa shape index (κ2) is 10.8. The Morgan fingerprint density at radius 3 is 2.42 bits per heavy atom. The molecule has 0 spiro atoms. The van der Waals surface area contributed by atoms with Crippen LogP contribution < -0.4 is 14.8 Å². The van der Waals surface area contributed by atoms with Crippen LogP contribution in [0.1, 0.15) is 29.2 Å². The van der Waals surface area contributed by atoms with E-state index in [0.717, 1.165) is 22.4 Å². The molecule has 1 amide bonds. The van der Waals surface area contributed by atoms with E-state index < -0.39 is 18.0 Å². The number of ether oxygens (including phenoxy) is 3. The highest BCUT2D eigenvalue weighted by Gasteiger charge is 2.18. The quantitative estimate of drug-likeness (QED) is 0.508. The molecule has 162 valence electrons. The first-order valence-corrected chi connectivity index (χ1v) is 9.70. The first kappa shape index (κ1) is 23.5. The van der Waals surface area contributed by atoms with E-state index in [0.29, 0.717) is 17.1 Å². The smallest absolute Gasteiger partial charge is 0.331 e. The summed E-state index contributed by atoms with van der Waals surface area (Å²) in [4.78, 5) is 24.6. The van der Waals surface area contributed by atoms with Crippen molar-refractivity contribution in [3.8, 4) is 17.6 Å². The first-order chi connectivity index (χ1) is 14.7. The van der Waals surface area contributed by atoms with Crippen LogP contribution in [0, 0.1) is 32.1 Å². The SMILES string of the molecule is COc1cc(/C=C/C(=O)O[C@@H](C)C(=O)Nc2c(C)cc(C)cc2C)ccc1OCC#N. The third-order valence-electron chi connectivity index (χ3n) is 4.48. The normalized spacial score (nSPS) is 11.5. The Bertz CT molecular complexity index is 1010. The van der Waals surface area contributed by atoms with Crippen molar-refractivity contribution < 1.29 is 23.8 Å². The Labute approximate surface area is 182 Å². The number of aryl methyl sites for hydroxylation is 3. The molecule has 7 heteroatoms. The van der Waals surface area contributed by atoms with Crippen molar-refractivity contribution in [3.05, 3.63) is 58.7 Å². The van der Waals surface area contributed by atoms with Crippen molar-refractivity contribution in [2.24, 2.45) is 0 Å². The molecule has 31 heavy (non-hydrogen) atoms. The number of nitriles is 1. The lowest BCUT2D eigenvalue weighted by Gasteiger charge is -2.16. The molecule has 0 radical (unpaired) electrons. The van der Waals surface area contributed by atoms with Gasteiger partial charge in [-0.25, -0.2) is 4.79 Å². The summed E-state index contributed by atoms with van der Waals surface area (Å²) in [6, 6.07) is 10.9.